The van der Waals surface area contributed by atoms with Gasteiger partial charge < -0.3 is 10.1 Å². The molecule has 0 aliphatic carbocycles. The average Bonchev–Trinajstić information content (AvgIpc) is 2.37. The van der Waals surface area contributed by atoms with Gasteiger partial charge in [-0.1, -0.05) is 12.1 Å². The molecule has 0 aromatic heterocycles. The van der Waals surface area contributed by atoms with Crippen molar-refractivity contribution in [2.75, 3.05) is 32.7 Å². The van der Waals surface area contributed by atoms with Gasteiger partial charge in [0.05, 0.1) is 7.11 Å². The van der Waals surface area contributed by atoms with E-state index in [1.54, 1.807) is 7.11 Å². The number of ether oxygens (including phenoxy) is 1. The summed E-state index contributed by atoms with van der Waals surface area (Å²) in [5.41, 5.74) is 1.23. The van der Waals surface area contributed by atoms with Crippen LogP contribution in [0.5, 0.6) is 5.75 Å². The standard InChI is InChI=1S/C15H25NO3S/c1-16-12-14(7-5-9-20(3,17)18)10-13-6-4-8-15(11-13)19-2/h4,6,8,11,14,16H,5,7,9-10,12H2,1-3H3. The molecule has 0 bridgehead atoms. The highest BCUT2D eigenvalue weighted by atomic mass is 32.2. The van der Waals surface area contributed by atoms with Crippen LogP contribution in [0.1, 0.15) is 18.4 Å². The molecule has 0 spiro atoms. The first kappa shape index (κ1) is 17.0. The maximum atomic E-state index is 11.2. The molecule has 1 rings (SSSR count). The Bertz CT molecular complexity index is 500. The van der Waals surface area contributed by atoms with E-state index in [9.17, 15) is 8.42 Å². The van der Waals surface area contributed by atoms with Gasteiger partial charge in [-0.3, -0.25) is 0 Å². The van der Waals surface area contributed by atoms with Crippen LogP contribution in [0.4, 0.5) is 0 Å². The minimum absolute atomic E-state index is 0.269. The molecular weight excluding hydrogens is 274 g/mol. The lowest BCUT2D eigenvalue weighted by Crippen LogP contribution is -2.21. The van der Waals surface area contributed by atoms with Crippen LogP contribution >= 0.6 is 0 Å². The number of nitrogens with one attached hydrogen (secondary N) is 1. The zero-order valence-corrected chi connectivity index (χ0v) is 13.4. The van der Waals surface area contributed by atoms with E-state index in [0.29, 0.717) is 5.92 Å². The highest BCUT2D eigenvalue weighted by Crippen LogP contribution is 2.18. The van der Waals surface area contributed by atoms with E-state index in [0.717, 1.165) is 31.6 Å². The Labute approximate surface area is 122 Å². The van der Waals surface area contributed by atoms with Gasteiger partial charge in [-0.15, -0.1) is 0 Å². The summed E-state index contributed by atoms with van der Waals surface area (Å²) in [4.78, 5) is 0. The molecule has 0 aliphatic heterocycles. The van der Waals surface area contributed by atoms with E-state index in [2.05, 4.69) is 11.4 Å². The number of methoxy groups -OCH3 is 1. The molecule has 0 aliphatic rings. The summed E-state index contributed by atoms with van der Waals surface area (Å²) < 4.78 is 27.6. The average molecular weight is 299 g/mol. The van der Waals surface area contributed by atoms with Crippen LogP contribution in [0, 0.1) is 5.92 Å². The smallest absolute Gasteiger partial charge is 0.147 e. The number of sulfone groups is 1. The first-order valence-electron chi connectivity index (χ1n) is 6.90. The Hall–Kier alpha value is -1.07. The summed E-state index contributed by atoms with van der Waals surface area (Å²) in [5.74, 6) is 1.57. The maximum Gasteiger partial charge on any atom is 0.147 e. The predicted octanol–water partition coefficient (Wildman–Crippen LogP) is 1.90. The van der Waals surface area contributed by atoms with Gasteiger partial charge in [0, 0.05) is 12.0 Å². The molecule has 1 unspecified atom stereocenters. The quantitative estimate of drug-likeness (QED) is 0.756. The molecule has 0 saturated carbocycles. The molecule has 20 heavy (non-hydrogen) atoms. The lowest BCUT2D eigenvalue weighted by Gasteiger charge is -2.16. The first-order chi connectivity index (χ1) is 9.44. The van der Waals surface area contributed by atoms with Crippen LogP contribution in [-0.2, 0) is 16.3 Å². The van der Waals surface area contributed by atoms with Gasteiger partial charge in [-0.25, -0.2) is 8.42 Å². The fraction of sp³-hybridized carbons (Fsp3) is 0.600. The van der Waals surface area contributed by atoms with Crippen molar-refractivity contribution >= 4 is 9.84 Å². The van der Waals surface area contributed by atoms with Crippen LogP contribution in [0.15, 0.2) is 24.3 Å². The van der Waals surface area contributed by atoms with Crippen molar-refractivity contribution in [3.63, 3.8) is 0 Å². The van der Waals surface area contributed by atoms with Crippen molar-refractivity contribution in [3.05, 3.63) is 29.8 Å². The zero-order valence-electron chi connectivity index (χ0n) is 12.6. The minimum Gasteiger partial charge on any atom is -0.497 e. The van der Waals surface area contributed by atoms with Gasteiger partial charge in [-0.2, -0.15) is 0 Å². The Balaban J connectivity index is 2.57. The molecule has 0 fully saturated rings. The molecule has 114 valence electrons. The molecule has 0 heterocycles. The lowest BCUT2D eigenvalue weighted by atomic mass is 9.95. The molecule has 1 aromatic carbocycles. The SMILES string of the molecule is CNCC(CCCS(C)(=O)=O)Cc1cccc(OC)c1. The topological polar surface area (TPSA) is 55.4 Å². The Morgan fingerprint density at radius 1 is 1.35 bits per heavy atom. The largest absolute Gasteiger partial charge is 0.497 e. The molecule has 0 amide bonds. The number of hydrogen-bond donors (Lipinski definition) is 1. The van der Waals surface area contributed by atoms with Crippen molar-refractivity contribution in [3.8, 4) is 5.75 Å². The molecule has 0 saturated heterocycles. The molecular formula is C15H25NO3S. The van der Waals surface area contributed by atoms with Crippen molar-refractivity contribution in [2.24, 2.45) is 5.92 Å². The summed E-state index contributed by atoms with van der Waals surface area (Å²) in [6.45, 7) is 0.890. The third kappa shape index (κ3) is 6.91. The van der Waals surface area contributed by atoms with Gasteiger partial charge in [0.1, 0.15) is 15.6 Å². The van der Waals surface area contributed by atoms with E-state index < -0.39 is 9.84 Å². The Morgan fingerprint density at radius 3 is 2.70 bits per heavy atom. The van der Waals surface area contributed by atoms with E-state index in [-0.39, 0.29) is 5.75 Å². The summed E-state index contributed by atoms with van der Waals surface area (Å²) >= 11 is 0. The van der Waals surface area contributed by atoms with Gasteiger partial charge in [-0.05, 0) is 56.5 Å². The summed E-state index contributed by atoms with van der Waals surface area (Å²) in [7, 11) is 0.730. The van der Waals surface area contributed by atoms with Crippen LogP contribution in [-0.4, -0.2) is 41.1 Å². The van der Waals surface area contributed by atoms with Crippen molar-refractivity contribution in [1.82, 2.24) is 5.32 Å². The molecule has 0 radical (unpaired) electrons. The fourth-order valence-electron chi connectivity index (χ4n) is 2.33. The second kappa shape index (κ2) is 8.27. The fourth-order valence-corrected chi connectivity index (χ4v) is 3.02. The van der Waals surface area contributed by atoms with E-state index in [4.69, 9.17) is 4.74 Å². The van der Waals surface area contributed by atoms with Gasteiger partial charge in [0.15, 0.2) is 0 Å². The van der Waals surface area contributed by atoms with Crippen LogP contribution in [0.2, 0.25) is 0 Å². The summed E-state index contributed by atoms with van der Waals surface area (Å²) in [5, 5.41) is 3.18. The number of rotatable bonds is 9. The lowest BCUT2D eigenvalue weighted by molar-refractivity contribution is 0.412. The summed E-state index contributed by atoms with van der Waals surface area (Å²) in [6, 6.07) is 8.04. The van der Waals surface area contributed by atoms with E-state index in [1.165, 1.54) is 11.8 Å². The van der Waals surface area contributed by atoms with Gasteiger partial charge in [0.25, 0.3) is 0 Å². The maximum absolute atomic E-state index is 11.2. The number of hydrogen-bond acceptors (Lipinski definition) is 4. The van der Waals surface area contributed by atoms with Gasteiger partial charge >= 0.3 is 0 Å². The predicted molar refractivity (Wildman–Crippen MR) is 83.1 cm³/mol. The molecule has 1 atom stereocenters. The second-order valence-electron chi connectivity index (χ2n) is 5.25. The minimum atomic E-state index is -2.86. The Morgan fingerprint density at radius 2 is 2.10 bits per heavy atom. The summed E-state index contributed by atoms with van der Waals surface area (Å²) in [6.07, 6.45) is 3.85. The zero-order chi connectivity index (χ0) is 15.0. The molecule has 1 N–H and O–H groups in total. The van der Waals surface area contributed by atoms with Crippen molar-refractivity contribution < 1.29 is 13.2 Å². The normalized spacial score (nSPS) is 13.2. The molecule has 4 nitrogen and oxygen atoms in total. The van der Waals surface area contributed by atoms with Gasteiger partial charge in [0.2, 0.25) is 0 Å². The van der Waals surface area contributed by atoms with E-state index in [1.807, 2.05) is 25.2 Å². The van der Waals surface area contributed by atoms with Crippen LogP contribution < -0.4 is 10.1 Å². The number of benzene rings is 1. The monoisotopic (exact) mass is 299 g/mol. The second-order valence-corrected chi connectivity index (χ2v) is 7.51. The van der Waals surface area contributed by atoms with E-state index >= 15 is 0 Å². The highest BCUT2D eigenvalue weighted by molar-refractivity contribution is 7.90. The first-order valence-corrected chi connectivity index (χ1v) is 8.96. The van der Waals surface area contributed by atoms with Crippen LogP contribution in [0.25, 0.3) is 0 Å². The van der Waals surface area contributed by atoms with Crippen molar-refractivity contribution in [2.45, 2.75) is 19.3 Å². The molecule has 1 aromatic rings. The highest BCUT2D eigenvalue weighted by Gasteiger charge is 2.11. The Kier molecular flexibility index (Phi) is 7.02. The third-order valence-corrected chi connectivity index (χ3v) is 4.31. The van der Waals surface area contributed by atoms with Crippen molar-refractivity contribution in [1.29, 1.82) is 0 Å². The van der Waals surface area contributed by atoms with Crippen LogP contribution in [0.3, 0.4) is 0 Å². The third-order valence-electron chi connectivity index (χ3n) is 3.28. The molecule has 5 heteroatoms.